The molecule has 3 heterocycles. The van der Waals surface area contributed by atoms with E-state index in [0.29, 0.717) is 23.0 Å². The Labute approximate surface area is 135 Å². The summed E-state index contributed by atoms with van der Waals surface area (Å²) in [5.74, 6) is 0.386. The maximum absolute atomic E-state index is 10.9. The van der Waals surface area contributed by atoms with Gasteiger partial charge in [-0.3, -0.25) is 4.90 Å². The largest absolute Gasteiger partial charge is 0.388 e. The average molecular weight is 316 g/mol. The van der Waals surface area contributed by atoms with Crippen molar-refractivity contribution in [2.24, 2.45) is 0 Å². The number of hydrogen-bond acceptors (Lipinski definition) is 6. The predicted octanol–water partition coefficient (Wildman–Crippen LogP) is 1.35. The third-order valence-electron chi connectivity index (χ3n) is 5.59. The second kappa shape index (κ2) is 5.42. The van der Waals surface area contributed by atoms with Gasteiger partial charge in [-0.15, -0.1) is 0 Å². The van der Waals surface area contributed by atoms with Crippen molar-refractivity contribution in [3.8, 4) is 0 Å². The van der Waals surface area contributed by atoms with Crippen LogP contribution in [0, 0.1) is 0 Å². The molecule has 124 valence electrons. The highest BCUT2D eigenvalue weighted by Crippen LogP contribution is 2.36. The second-order valence-electron chi connectivity index (χ2n) is 7.14. The molecule has 0 spiro atoms. The first-order valence-corrected chi connectivity index (χ1v) is 8.46. The summed E-state index contributed by atoms with van der Waals surface area (Å²) in [6.45, 7) is 3.70. The molecule has 7 heteroatoms. The van der Waals surface area contributed by atoms with E-state index in [-0.39, 0.29) is 6.04 Å². The summed E-state index contributed by atoms with van der Waals surface area (Å²) < 4.78 is 1.98. The first-order valence-electron chi connectivity index (χ1n) is 8.46. The van der Waals surface area contributed by atoms with Crippen molar-refractivity contribution < 1.29 is 5.11 Å². The van der Waals surface area contributed by atoms with Gasteiger partial charge in [0, 0.05) is 19.1 Å². The minimum atomic E-state index is -0.775. The summed E-state index contributed by atoms with van der Waals surface area (Å²) in [5, 5.41) is 10.9. The smallest absolute Gasteiger partial charge is 0.165 e. The quantitative estimate of drug-likeness (QED) is 0.869. The molecule has 4 rings (SSSR count). The van der Waals surface area contributed by atoms with Crippen molar-refractivity contribution in [2.45, 2.75) is 56.7 Å². The lowest BCUT2D eigenvalue weighted by Gasteiger charge is -2.45. The van der Waals surface area contributed by atoms with Crippen LogP contribution in [0.5, 0.6) is 0 Å². The van der Waals surface area contributed by atoms with E-state index in [4.69, 9.17) is 5.73 Å². The Morgan fingerprint density at radius 3 is 2.83 bits per heavy atom. The topological polar surface area (TPSA) is 93.1 Å². The predicted molar refractivity (Wildman–Crippen MR) is 87.8 cm³/mol. The Kier molecular flexibility index (Phi) is 3.50. The number of aliphatic hydroxyl groups is 1. The Bertz CT molecular complexity index is 706. The van der Waals surface area contributed by atoms with Crippen LogP contribution in [0.3, 0.4) is 0 Å². The molecule has 1 saturated heterocycles. The van der Waals surface area contributed by atoms with Gasteiger partial charge in [0.1, 0.15) is 11.8 Å². The SMILES string of the molecule is C[C@@]1(O)CCN(C2CCCC2)C[C@H]1n1cnc2c(N)ncnc21. The fourth-order valence-electron chi connectivity index (χ4n) is 4.13. The van der Waals surface area contributed by atoms with Gasteiger partial charge < -0.3 is 15.4 Å². The lowest BCUT2D eigenvalue weighted by Crippen LogP contribution is -2.53. The van der Waals surface area contributed by atoms with Crippen molar-refractivity contribution in [1.82, 2.24) is 24.4 Å². The normalized spacial score (nSPS) is 30.3. The van der Waals surface area contributed by atoms with E-state index in [0.717, 1.165) is 19.5 Å². The number of aromatic nitrogens is 4. The number of imidazole rings is 1. The number of nitrogen functional groups attached to an aromatic ring is 1. The number of piperidine rings is 1. The number of rotatable bonds is 2. The lowest BCUT2D eigenvalue weighted by atomic mass is 9.87. The van der Waals surface area contributed by atoms with Crippen LogP contribution in [0.4, 0.5) is 5.82 Å². The lowest BCUT2D eigenvalue weighted by molar-refractivity contribution is -0.0585. The van der Waals surface area contributed by atoms with Crippen LogP contribution in [0.1, 0.15) is 45.1 Å². The molecule has 1 aliphatic carbocycles. The van der Waals surface area contributed by atoms with Gasteiger partial charge in [0.25, 0.3) is 0 Å². The molecule has 0 unspecified atom stereocenters. The summed E-state index contributed by atoms with van der Waals surface area (Å²) in [6.07, 6.45) is 9.15. The Balaban J connectivity index is 1.69. The summed E-state index contributed by atoms with van der Waals surface area (Å²) in [6, 6.07) is 0.583. The zero-order chi connectivity index (χ0) is 16.0. The van der Waals surface area contributed by atoms with Crippen LogP contribution in [0.25, 0.3) is 11.2 Å². The van der Waals surface area contributed by atoms with Crippen LogP contribution in [-0.2, 0) is 0 Å². The third-order valence-corrected chi connectivity index (χ3v) is 5.59. The van der Waals surface area contributed by atoms with Gasteiger partial charge in [-0.25, -0.2) is 15.0 Å². The molecule has 0 radical (unpaired) electrons. The van der Waals surface area contributed by atoms with Gasteiger partial charge in [-0.2, -0.15) is 0 Å². The molecule has 7 nitrogen and oxygen atoms in total. The highest BCUT2D eigenvalue weighted by atomic mass is 16.3. The Morgan fingerprint density at radius 1 is 1.26 bits per heavy atom. The van der Waals surface area contributed by atoms with Gasteiger partial charge >= 0.3 is 0 Å². The Morgan fingerprint density at radius 2 is 2.04 bits per heavy atom. The minimum Gasteiger partial charge on any atom is -0.388 e. The molecule has 2 aromatic rings. The highest BCUT2D eigenvalue weighted by Gasteiger charge is 2.41. The fourth-order valence-corrected chi connectivity index (χ4v) is 4.13. The molecule has 2 atom stereocenters. The molecule has 2 fully saturated rings. The first-order chi connectivity index (χ1) is 11.1. The summed E-state index contributed by atoms with van der Waals surface area (Å²) in [4.78, 5) is 15.2. The number of likely N-dealkylation sites (tertiary alicyclic amines) is 1. The molecule has 23 heavy (non-hydrogen) atoms. The maximum Gasteiger partial charge on any atom is 0.165 e. The van der Waals surface area contributed by atoms with Gasteiger partial charge in [0.15, 0.2) is 11.5 Å². The zero-order valence-corrected chi connectivity index (χ0v) is 13.5. The molecule has 0 aromatic carbocycles. The van der Waals surface area contributed by atoms with E-state index in [1.54, 1.807) is 6.33 Å². The van der Waals surface area contributed by atoms with E-state index < -0.39 is 5.60 Å². The monoisotopic (exact) mass is 316 g/mol. The number of nitrogens with zero attached hydrogens (tertiary/aromatic N) is 5. The summed E-state index contributed by atoms with van der Waals surface area (Å²) >= 11 is 0. The van der Waals surface area contributed by atoms with E-state index in [1.807, 2.05) is 11.5 Å². The first kappa shape index (κ1) is 14.8. The zero-order valence-electron chi connectivity index (χ0n) is 13.5. The van der Waals surface area contributed by atoms with Crippen LogP contribution in [0.15, 0.2) is 12.7 Å². The van der Waals surface area contributed by atoms with Crippen molar-refractivity contribution >= 4 is 17.0 Å². The molecule has 1 aliphatic heterocycles. The van der Waals surface area contributed by atoms with Crippen molar-refractivity contribution in [2.75, 3.05) is 18.8 Å². The fraction of sp³-hybridized carbons (Fsp3) is 0.688. The van der Waals surface area contributed by atoms with Crippen molar-refractivity contribution in [3.63, 3.8) is 0 Å². The minimum absolute atomic E-state index is 0.0730. The molecular weight excluding hydrogens is 292 g/mol. The molecule has 2 aliphatic rings. The third kappa shape index (κ3) is 2.48. The summed E-state index contributed by atoms with van der Waals surface area (Å²) in [5.41, 5.74) is 6.44. The molecule has 0 bridgehead atoms. The molecule has 1 saturated carbocycles. The standard InChI is InChI=1S/C16H24N6O/c1-16(23)6-7-21(11-4-2-3-5-11)8-12(16)22-10-20-13-14(17)18-9-19-15(13)22/h9-12,23H,2-8H2,1H3,(H2,17,18,19)/t12-,16-/m1/s1. The van der Waals surface area contributed by atoms with Gasteiger partial charge in [0.05, 0.1) is 18.0 Å². The second-order valence-corrected chi connectivity index (χ2v) is 7.14. The van der Waals surface area contributed by atoms with Crippen molar-refractivity contribution in [1.29, 1.82) is 0 Å². The molecule has 3 N–H and O–H groups in total. The average Bonchev–Trinajstić information content (AvgIpc) is 3.17. The molecular formula is C16H24N6O. The van der Waals surface area contributed by atoms with E-state index in [1.165, 1.54) is 32.0 Å². The summed E-state index contributed by atoms with van der Waals surface area (Å²) in [7, 11) is 0. The number of fused-ring (bicyclic) bond motifs is 1. The molecule has 0 amide bonds. The number of anilines is 1. The van der Waals surface area contributed by atoms with E-state index >= 15 is 0 Å². The van der Waals surface area contributed by atoms with Crippen LogP contribution >= 0.6 is 0 Å². The van der Waals surface area contributed by atoms with Gasteiger partial charge in [0.2, 0.25) is 0 Å². The molecule has 2 aromatic heterocycles. The maximum atomic E-state index is 10.9. The van der Waals surface area contributed by atoms with Gasteiger partial charge in [-0.1, -0.05) is 12.8 Å². The highest BCUT2D eigenvalue weighted by molar-refractivity contribution is 5.81. The van der Waals surface area contributed by atoms with Crippen LogP contribution in [-0.4, -0.2) is 54.3 Å². The number of hydrogen-bond donors (Lipinski definition) is 2. The van der Waals surface area contributed by atoms with Crippen LogP contribution in [0.2, 0.25) is 0 Å². The van der Waals surface area contributed by atoms with E-state index in [9.17, 15) is 5.11 Å². The van der Waals surface area contributed by atoms with E-state index in [2.05, 4.69) is 19.9 Å². The number of nitrogens with two attached hydrogens (primary N) is 1. The Hall–Kier alpha value is -1.73. The van der Waals surface area contributed by atoms with Gasteiger partial charge in [-0.05, 0) is 26.2 Å². The van der Waals surface area contributed by atoms with Crippen molar-refractivity contribution in [3.05, 3.63) is 12.7 Å². The van der Waals surface area contributed by atoms with Crippen LogP contribution < -0.4 is 5.73 Å².